The lowest BCUT2D eigenvalue weighted by molar-refractivity contribution is -0.143. The number of nitrogens with zero attached hydrogens (tertiary/aromatic N) is 3. The first-order chi connectivity index (χ1) is 16.6. The van der Waals surface area contributed by atoms with Gasteiger partial charge in [0.25, 0.3) is 11.5 Å². The fourth-order valence-corrected chi connectivity index (χ4v) is 4.37. The third-order valence-corrected chi connectivity index (χ3v) is 5.92. The summed E-state index contributed by atoms with van der Waals surface area (Å²) in [6.07, 6.45) is -11.1. The smallest absolute Gasteiger partial charge is 0.423 e. The normalized spacial score (nSPS) is 12.3. The van der Waals surface area contributed by atoms with E-state index in [0.29, 0.717) is 20.9 Å². The summed E-state index contributed by atoms with van der Waals surface area (Å²) in [6, 6.07) is 0. The Morgan fingerprint density at radius 2 is 1.78 bits per heavy atom. The van der Waals surface area contributed by atoms with E-state index in [0.717, 1.165) is 12.3 Å². The number of hydrazine groups is 1. The summed E-state index contributed by atoms with van der Waals surface area (Å²) in [5.41, 5.74) is -1.19. The number of carboxylic acid groups (broad SMARTS) is 1. The number of aromatic nitrogens is 2. The monoisotopic (exact) mass is 546 g/mol. The van der Waals surface area contributed by atoms with Gasteiger partial charge in [0.2, 0.25) is 0 Å². The number of alkyl halides is 6. The van der Waals surface area contributed by atoms with E-state index in [2.05, 4.69) is 0 Å². The van der Waals surface area contributed by atoms with Crippen LogP contribution in [0, 0.1) is 6.92 Å². The Bertz CT molecular complexity index is 1280. The summed E-state index contributed by atoms with van der Waals surface area (Å²) >= 11 is 0.576. The van der Waals surface area contributed by atoms with E-state index in [4.69, 9.17) is 9.84 Å². The van der Waals surface area contributed by atoms with E-state index < -0.39 is 67.0 Å². The highest BCUT2D eigenvalue weighted by Gasteiger charge is 2.33. The predicted molar refractivity (Wildman–Crippen MR) is 114 cm³/mol. The first kappa shape index (κ1) is 28.7. The number of thiophene rings is 1. The maximum Gasteiger partial charge on any atom is 0.423 e. The summed E-state index contributed by atoms with van der Waals surface area (Å²) in [5, 5.41) is 9.16. The van der Waals surface area contributed by atoms with Crippen LogP contribution in [0.25, 0.3) is 10.2 Å². The minimum Gasteiger partial charge on any atom is -0.501 e. The molecule has 2 aromatic heterocycles. The van der Waals surface area contributed by atoms with Crippen molar-refractivity contribution < 1.29 is 45.8 Å². The van der Waals surface area contributed by atoms with Gasteiger partial charge >= 0.3 is 24.1 Å². The molecule has 2 aromatic rings. The Balaban J connectivity index is 2.69. The average Bonchev–Trinajstić information content (AvgIpc) is 3.05. The second kappa shape index (κ2) is 11.0. The number of fused-ring (bicyclic) bond motifs is 1. The van der Waals surface area contributed by atoms with Crippen LogP contribution in [0.15, 0.2) is 21.9 Å². The Hall–Kier alpha value is -3.50. The minimum absolute atomic E-state index is 0.0320. The van der Waals surface area contributed by atoms with E-state index in [-0.39, 0.29) is 26.4 Å². The molecule has 0 aliphatic heterocycles. The summed E-state index contributed by atoms with van der Waals surface area (Å²) < 4.78 is 82.6. The molecule has 0 aromatic carbocycles. The second-order valence-electron chi connectivity index (χ2n) is 7.24. The fraction of sp³-hybridized carbons (Fsp3) is 0.474. The zero-order chi connectivity index (χ0) is 27.4. The molecular formula is C19H20F6N4O6S. The lowest BCUT2D eigenvalue weighted by Crippen LogP contribution is -2.44. The van der Waals surface area contributed by atoms with Crippen molar-refractivity contribution in [3.05, 3.63) is 43.6 Å². The number of ether oxygens (including phenoxy) is 1. The van der Waals surface area contributed by atoms with Crippen molar-refractivity contribution in [1.82, 2.24) is 19.6 Å². The van der Waals surface area contributed by atoms with E-state index in [1.807, 2.05) is 0 Å². The summed E-state index contributed by atoms with van der Waals surface area (Å²) in [6.45, 7) is -0.573. The van der Waals surface area contributed by atoms with Crippen LogP contribution in [-0.4, -0.2) is 50.2 Å². The molecule has 0 fully saturated rings. The van der Waals surface area contributed by atoms with Crippen LogP contribution in [-0.2, 0) is 29.2 Å². The SMILES string of the molecule is CCOC=CC(=O)N(Cc1sc2c(c1C)c(=O)n(CC(F)(F)F)c(=O)n2CCC(F)(F)F)NC(=O)O. The zero-order valence-corrected chi connectivity index (χ0v) is 19.5. The number of nitrogens with one attached hydrogen (secondary N) is 1. The Labute approximate surface area is 201 Å². The molecule has 2 N–H and O–H groups in total. The van der Waals surface area contributed by atoms with Gasteiger partial charge in [-0.05, 0) is 19.4 Å². The highest BCUT2D eigenvalue weighted by atomic mass is 32.1. The fourth-order valence-electron chi connectivity index (χ4n) is 3.07. The van der Waals surface area contributed by atoms with Gasteiger partial charge in [0, 0.05) is 17.5 Å². The standard InChI is InChI=1S/C19H20F6N4O6S/c1-3-35-7-4-12(30)29(26-16(32)33)8-11-10(2)13-14(31)28(9-19(23,24)25)17(34)27(15(13)36-11)6-5-18(20,21)22/h4,7,26H,3,5-6,8-9H2,1-2H3,(H,32,33). The number of hydrogen-bond acceptors (Lipinski definition) is 6. The van der Waals surface area contributed by atoms with Gasteiger partial charge in [-0.15, -0.1) is 11.3 Å². The third kappa shape index (κ3) is 7.25. The Kier molecular flexibility index (Phi) is 8.82. The molecule has 0 radical (unpaired) electrons. The number of hydrogen-bond donors (Lipinski definition) is 2. The molecule has 0 aliphatic carbocycles. The molecule has 0 bridgehead atoms. The third-order valence-electron chi connectivity index (χ3n) is 4.62. The van der Waals surface area contributed by atoms with Gasteiger partial charge in [0.05, 0.1) is 31.2 Å². The molecule has 0 atom stereocenters. The van der Waals surface area contributed by atoms with Crippen molar-refractivity contribution in [2.24, 2.45) is 0 Å². The molecule has 17 heteroatoms. The van der Waals surface area contributed by atoms with Gasteiger partial charge in [-0.2, -0.15) is 26.3 Å². The van der Waals surface area contributed by atoms with Gasteiger partial charge in [-0.25, -0.2) is 20.0 Å². The largest absolute Gasteiger partial charge is 0.501 e. The maximum absolute atomic E-state index is 13.0. The Morgan fingerprint density at radius 1 is 1.14 bits per heavy atom. The number of carbonyl (C=O) groups excluding carboxylic acids is 1. The first-order valence-electron chi connectivity index (χ1n) is 10.0. The van der Waals surface area contributed by atoms with Crippen molar-refractivity contribution in [3.63, 3.8) is 0 Å². The lowest BCUT2D eigenvalue weighted by Gasteiger charge is -2.19. The molecule has 0 saturated heterocycles. The molecule has 0 aliphatic rings. The molecule has 0 saturated carbocycles. The lowest BCUT2D eigenvalue weighted by atomic mass is 10.2. The van der Waals surface area contributed by atoms with Crippen molar-refractivity contribution in [2.75, 3.05) is 6.61 Å². The van der Waals surface area contributed by atoms with Gasteiger partial charge in [0.15, 0.2) is 0 Å². The van der Waals surface area contributed by atoms with Crippen LogP contribution in [0.3, 0.4) is 0 Å². The van der Waals surface area contributed by atoms with Crippen molar-refractivity contribution >= 4 is 33.6 Å². The maximum atomic E-state index is 13.0. The van der Waals surface area contributed by atoms with Crippen molar-refractivity contribution in [2.45, 2.75) is 52.3 Å². The first-order valence-corrected chi connectivity index (χ1v) is 10.9. The van der Waals surface area contributed by atoms with E-state index >= 15 is 0 Å². The van der Waals surface area contributed by atoms with Crippen LogP contribution >= 0.6 is 11.3 Å². The van der Waals surface area contributed by atoms with Crippen LogP contribution in [0.2, 0.25) is 0 Å². The molecule has 0 spiro atoms. The van der Waals surface area contributed by atoms with Gasteiger partial charge in [0.1, 0.15) is 11.4 Å². The average molecular weight is 546 g/mol. The van der Waals surface area contributed by atoms with E-state index in [1.54, 1.807) is 12.3 Å². The topological polar surface area (TPSA) is 123 Å². The molecule has 0 unspecified atom stereocenters. The highest BCUT2D eigenvalue weighted by molar-refractivity contribution is 7.18. The zero-order valence-electron chi connectivity index (χ0n) is 18.7. The van der Waals surface area contributed by atoms with Crippen LogP contribution < -0.4 is 16.7 Å². The molecule has 2 amide bonds. The van der Waals surface area contributed by atoms with Gasteiger partial charge < -0.3 is 9.84 Å². The predicted octanol–water partition coefficient (Wildman–Crippen LogP) is 3.11. The van der Waals surface area contributed by atoms with Crippen LogP contribution in [0.4, 0.5) is 31.1 Å². The number of amides is 2. The van der Waals surface area contributed by atoms with Crippen LogP contribution in [0.5, 0.6) is 0 Å². The number of halogens is 6. The second-order valence-corrected chi connectivity index (χ2v) is 8.32. The molecule has 10 nitrogen and oxygen atoms in total. The van der Waals surface area contributed by atoms with Crippen molar-refractivity contribution in [1.29, 1.82) is 0 Å². The van der Waals surface area contributed by atoms with Crippen molar-refractivity contribution in [3.8, 4) is 0 Å². The number of carbonyl (C=O) groups is 2. The van der Waals surface area contributed by atoms with Crippen LogP contribution in [0.1, 0.15) is 23.8 Å². The number of aryl methyl sites for hydroxylation is 2. The molecule has 2 heterocycles. The summed E-state index contributed by atoms with van der Waals surface area (Å²) in [7, 11) is 0. The summed E-state index contributed by atoms with van der Waals surface area (Å²) in [4.78, 5) is 48.6. The highest BCUT2D eigenvalue weighted by Crippen LogP contribution is 2.30. The molecule has 2 rings (SSSR count). The van der Waals surface area contributed by atoms with E-state index in [9.17, 15) is 45.5 Å². The Morgan fingerprint density at radius 3 is 2.31 bits per heavy atom. The molecular weight excluding hydrogens is 526 g/mol. The molecule has 36 heavy (non-hydrogen) atoms. The number of rotatable bonds is 8. The van der Waals surface area contributed by atoms with Gasteiger partial charge in [-0.3, -0.25) is 18.7 Å². The molecule has 200 valence electrons. The van der Waals surface area contributed by atoms with Gasteiger partial charge in [-0.1, -0.05) is 0 Å². The van der Waals surface area contributed by atoms with E-state index in [1.165, 1.54) is 6.92 Å². The minimum atomic E-state index is -5.02. The summed E-state index contributed by atoms with van der Waals surface area (Å²) in [5.74, 6) is -0.924. The quantitative estimate of drug-likeness (QED) is 0.227.